The molecule has 0 rings (SSSR count). The fraction of sp³-hybridized carbons (Fsp3) is 0.674. The van der Waals surface area contributed by atoms with Crippen molar-refractivity contribution in [3.05, 3.63) is 61.3 Å². The zero-order chi connectivity index (χ0) is 62.5. The van der Waals surface area contributed by atoms with Crippen LogP contribution in [-0.4, -0.2) is 195 Å². The molecule has 28 nitrogen and oxygen atoms in total. The normalized spacial score (nSPS) is 11.3. The molecule has 5 amide bonds. The van der Waals surface area contributed by atoms with E-state index in [0.29, 0.717) is 81.2 Å². The van der Waals surface area contributed by atoms with Crippen molar-refractivity contribution >= 4 is 80.1 Å². The molecule has 10 N–H and O–H groups in total. The summed E-state index contributed by atoms with van der Waals surface area (Å²) < 4.78 is 161. The maximum atomic E-state index is 11.2. The van der Waals surface area contributed by atoms with Crippen molar-refractivity contribution in [1.82, 2.24) is 26.6 Å². The number of nitrogens with one attached hydrogen (secondary N) is 5. The summed E-state index contributed by atoms with van der Waals surface area (Å²) in [5.41, 5.74) is 0.763. The fourth-order valence-corrected chi connectivity index (χ4v) is 7.71. The van der Waals surface area contributed by atoms with E-state index < -0.39 is 67.8 Å². The Hall–Kier alpha value is -4.52. The van der Waals surface area contributed by atoms with Gasteiger partial charge in [-0.1, -0.05) is 45.7 Å². The van der Waals surface area contributed by atoms with Crippen LogP contribution >= 0.6 is 0 Å². The SMILES string of the molecule is C=C(C)C(=O)NCCCCCCOCCCS(=O)(=O)O.C=C(C)C(=O)NCCCOCCCS(=O)(=O)O.C=C(C)C(=O)NCCCS(=O)(=O)O.C=C(C)C(=O)NCCOCCCS(=O)(=O)O.C=CC(=O)NC(C)(C)CS(=O)(=O)O. The first-order chi connectivity index (χ1) is 36.0. The van der Waals surface area contributed by atoms with Crippen LogP contribution in [0.4, 0.5) is 0 Å². The molecule has 0 aromatic heterocycles. The summed E-state index contributed by atoms with van der Waals surface area (Å²) in [7, 11) is -19.7. The molecule has 464 valence electrons. The van der Waals surface area contributed by atoms with E-state index in [-0.39, 0.29) is 85.7 Å². The molecule has 0 atom stereocenters. The third kappa shape index (κ3) is 75.6. The Labute approximate surface area is 468 Å². The second kappa shape index (κ2) is 46.1. The van der Waals surface area contributed by atoms with Crippen LogP contribution in [0.2, 0.25) is 0 Å². The monoisotopic (exact) mass is 1240 g/mol. The summed E-state index contributed by atoms with van der Waals surface area (Å²) in [6.07, 6.45) is 6.50. The molecular formula is C46H87N5O23S5. The first-order valence-electron chi connectivity index (χ1n) is 24.2. The van der Waals surface area contributed by atoms with Gasteiger partial charge in [-0.25, -0.2) is 0 Å². The van der Waals surface area contributed by atoms with Gasteiger partial charge in [0.15, 0.2) is 0 Å². The maximum absolute atomic E-state index is 11.2. The molecule has 0 aromatic carbocycles. The Morgan fingerprint density at radius 3 is 1.01 bits per heavy atom. The van der Waals surface area contributed by atoms with Gasteiger partial charge in [0.25, 0.3) is 50.6 Å². The summed E-state index contributed by atoms with van der Waals surface area (Å²) in [6.45, 7) is 30.4. The minimum absolute atomic E-state index is 0.104. The number of carbonyl (C=O) groups excluding carboxylic acids is 5. The van der Waals surface area contributed by atoms with Crippen molar-refractivity contribution < 1.29 is 103 Å². The standard InChI is InChI=1S/C13H25NO5S.C10H19NO5S.C9H17NO5S.2C7H13NO4S/c1-12(2)13(15)14-8-5-3-4-6-9-19-10-7-11-20(16,17)18;1-9(2)10(12)11-5-3-6-16-7-4-8-17(13,14)15;1-8(2)9(11)10-4-6-15-5-3-7-16(12,13)14;1-6(2)7(9)8-4-3-5-13(10,11)12;1-4-6(9)8-7(2,3)5-13(10,11)12/h1,3-11H2,2H3,(H,14,15)(H,16,17,18);1,3-8H2,2H3,(H,11,12)(H,13,14,15);1,3-7H2,2H3,(H,10,11)(H,12,13,14);1,3-5H2,2H3,(H,8,9)(H,10,11,12);4H,1,5H2,2-3H3,(H,8,9)(H,10,11,12). The van der Waals surface area contributed by atoms with E-state index in [1.807, 2.05) is 0 Å². The second-order valence-electron chi connectivity index (χ2n) is 17.6. The van der Waals surface area contributed by atoms with Crippen LogP contribution in [0.1, 0.15) is 99.3 Å². The van der Waals surface area contributed by atoms with E-state index in [1.165, 1.54) is 13.8 Å². The summed E-state index contributed by atoms with van der Waals surface area (Å²) in [6, 6.07) is 0. The lowest BCUT2D eigenvalue weighted by molar-refractivity contribution is -0.118. The topological polar surface area (TPSA) is 445 Å². The predicted molar refractivity (Wildman–Crippen MR) is 300 cm³/mol. The number of hydrogen-bond acceptors (Lipinski definition) is 18. The van der Waals surface area contributed by atoms with Gasteiger partial charge in [0, 0.05) is 81.5 Å². The minimum atomic E-state index is -4.08. The lowest BCUT2D eigenvalue weighted by atomic mass is 10.1. The van der Waals surface area contributed by atoms with E-state index >= 15 is 0 Å². The van der Waals surface area contributed by atoms with Gasteiger partial charge in [0.2, 0.25) is 29.5 Å². The van der Waals surface area contributed by atoms with Gasteiger partial charge in [-0.15, -0.1) is 0 Å². The highest BCUT2D eigenvalue weighted by atomic mass is 32.2. The number of amides is 5. The average molecular weight is 1240 g/mol. The van der Waals surface area contributed by atoms with Gasteiger partial charge < -0.3 is 40.8 Å². The average Bonchev–Trinajstić information content (AvgIpc) is 3.28. The Kier molecular flexibility index (Phi) is 48.6. The summed E-state index contributed by atoms with van der Waals surface area (Å²) >= 11 is 0. The lowest BCUT2D eigenvalue weighted by Crippen LogP contribution is -2.47. The molecule has 0 spiro atoms. The van der Waals surface area contributed by atoms with E-state index in [9.17, 15) is 66.1 Å². The molecule has 0 bridgehead atoms. The first-order valence-corrected chi connectivity index (χ1v) is 32.2. The van der Waals surface area contributed by atoms with Gasteiger partial charge in [-0.2, -0.15) is 42.1 Å². The highest BCUT2D eigenvalue weighted by molar-refractivity contribution is 7.86. The van der Waals surface area contributed by atoms with Crippen LogP contribution in [0, 0.1) is 0 Å². The fourth-order valence-electron chi connectivity index (χ4n) is 4.77. The van der Waals surface area contributed by atoms with Crippen LogP contribution in [0.15, 0.2) is 61.3 Å². The molecule has 0 aliphatic heterocycles. The number of rotatable bonds is 38. The van der Waals surface area contributed by atoms with E-state index in [4.69, 9.17) is 37.0 Å². The van der Waals surface area contributed by atoms with Crippen molar-refractivity contribution in [1.29, 1.82) is 0 Å². The molecule has 33 heteroatoms. The van der Waals surface area contributed by atoms with Gasteiger partial charge in [-0.3, -0.25) is 46.7 Å². The van der Waals surface area contributed by atoms with Crippen LogP contribution in [0.3, 0.4) is 0 Å². The molecule has 0 radical (unpaired) electrons. The maximum Gasteiger partial charge on any atom is 0.267 e. The predicted octanol–water partition coefficient (Wildman–Crippen LogP) is 1.78. The number of carbonyl (C=O) groups is 5. The van der Waals surface area contributed by atoms with Crippen LogP contribution in [-0.2, 0) is 88.8 Å². The Bertz CT molecular complexity index is 2460. The van der Waals surface area contributed by atoms with Crippen molar-refractivity contribution in [3.8, 4) is 0 Å². The molecule has 0 aliphatic carbocycles. The highest BCUT2D eigenvalue weighted by Gasteiger charge is 2.25. The van der Waals surface area contributed by atoms with Crippen molar-refractivity contribution in [2.45, 2.75) is 105 Å². The lowest BCUT2D eigenvalue weighted by Gasteiger charge is -2.23. The van der Waals surface area contributed by atoms with Crippen molar-refractivity contribution in [3.63, 3.8) is 0 Å². The first kappa shape index (κ1) is 83.3. The van der Waals surface area contributed by atoms with Crippen LogP contribution in [0.25, 0.3) is 0 Å². The summed E-state index contributed by atoms with van der Waals surface area (Å²) in [5.74, 6) is -3.04. The molecule has 0 saturated carbocycles. The molecule has 0 saturated heterocycles. The van der Waals surface area contributed by atoms with Crippen LogP contribution < -0.4 is 26.6 Å². The van der Waals surface area contributed by atoms with Gasteiger partial charge in [-0.05, 0) is 92.6 Å². The quantitative estimate of drug-likeness (QED) is 0.0239. The van der Waals surface area contributed by atoms with Crippen molar-refractivity contribution in [2.24, 2.45) is 0 Å². The Morgan fingerprint density at radius 2 is 0.684 bits per heavy atom. The summed E-state index contributed by atoms with van der Waals surface area (Å²) in [4.78, 5) is 54.8. The van der Waals surface area contributed by atoms with Gasteiger partial charge in [0.05, 0.1) is 40.9 Å². The highest BCUT2D eigenvalue weighted by Crippen LogP contribution is 2.05. The largest absolute Gasteiger partial charge is 0.381 e. The van der Waals surface area contributed by atoms with Crippen LogP contribution in [0.5, 0.6) is 0 Å². The van der Waals surface area contributed by atoms with Gasteiger partial charge >= 0.3 is 0 Å². The van der Waals surface area contributed by atoms with Gasteiger partial charge in [0.1, 0.15) is 0 Å². The third-order valence-corrected chi connectivity index (χ3v) is 12.8. The Morgan fingerprint density at radius 1 is 0.405 bits per heavy atom. The molecule has 0 unspecified atom stereocenters. The van der Waals surface area contributed by atoms with E-state index in [2.05, 4.69) is 59.5 Å². The molecule has 0 heterocycles. The number of hydrogen-bond donors (Lipinski definition) is 10. The number of ether oxygens (including phenoxy) is 3. The minimum Gasteiger partial charge on any atom is -0.381 e. The summed E-state index contributed by atoms with van der Waals surface area (Å²) in [5, 5.41) is 12.8. The van der Waals surface area contributed by atoms with E-state index in [1.54, 1.807) is 27.7 Å². The molecule has 0 fully saturated rings. The zero-order valence-electron chi connectivity index (χ0n) is 46.2. The second-order valence-corrected chi connectivity index (χ2v) is 25.4. The molecular weight excluding hydrogens is 1150 g/mol. The molecule has 79 heavy (non-hydrogen) atoms. The van der Waals surface area contributed by atoms with Crippen molar-refractivity contribution in [2.75, 3.05) is 94.6 Å². The number of unbranched alkanes of at least 4 members (excludes halogenated alkanes) is 3. The third-order valence-electron chi connectivity index (χ3n) is 8.46. The Balaban J connectivity index is -0.000000292. The molecule has 0 aliphatic rings. The molecule has 0 aromatic rings. The smallest absolute Gasteiger partial charge is 0.267 e. The zero-order valence-corrected chi connectivity index (χ0v) is 50.3. The van der Waals surface area contributed by atoms with E-state index in [0.717, 1.165) is 31.8 Å².